The summed E-state index contributed by atoms with van der Waals surface area (Å²) in [6.07, 6.45) is 0. The standard InChI is InChI=1S/C13H17IN2O2/c1-9(2)15-12(17)8-16(3)13(18)10-4-6-11(14)7-5-10/h4-7,9H,8H2,1-3H3,(H,15,17). The molecule has 0 aromatic heterocycles. The summed E-state index contributed by atoms with van der Waals surface area (Å²) in [6, 6.07) is 7.35. The van der Waals surface area contributed by atoms with Crippen LogP contribution in [0.5, 0.6) is 0 Å². The van der Waals surface area contributed by atoms with Gasteiger partial charge in [-0.05, 0) is 60.7 Å². The van der Waals surface area contributed by atoms with Crippen molar-refractivity contribution >= 4 is 34.4 Å². The highest BCUT2D eigenvalue weighted by molar-refractivity contribution is 14.1. The SMILES string of the molecule is CC(C)NC(=O)CN(C)C(=O)c1ccc(I)cc1. The predicted molar refractivity (Wildman–Crippen MR) is 79.4 cm³/mol. The molecule has 1 aromatic rings. The molecule has 2 amide bonds. The molecule has 0 heterocycles. The molecule has 4 nitrogen and oxygen atoms in total. The van der Waals surface area contributed by atoms with E-state index in [1.807, 2.05) is 26.0 Å². The van der Waals surface area contributed by atoms with Gasteiger partial charge in [0.2, 0.25) is 5.91 Å². The fraction of sp³-hybridized carbons (Fsp3) is 0.385. The van der Waals surface area contributed by atoms with Crippen LogP contribution in [0.4, 0.5) is 0 Å². The first-order chi connectivity index (χ1) is 8.40. The smallest absolute Gasteiger partial charge is 0.254 e. The summed E-state index contributed by atoms with van der Waals surface area (Å²) in [5, 5.41) is 2.76. The Morgan fingerprint density at radius 1 is 1.28 bits per heavy atom. The highest BCUT2D eigenvalue weighted by Crippen LogP contribution is 2.08. The summed E-state index contributed by atoms with van der Waals surface area (Å²) < 4.78 is 1.07. The molecule has 0 atom stereocenters. The van der Waals surface area contributed by atoms with Gasteiger partial charge < -0.3 is 10.2 Å². The Morgan fingerprint density at radius 2 is 1.83 bits per heavy atom. The van der Waals surface area contributed by atoms with E-state index in [-0.39, 0.29) is 24.4 Å². The Balaban J connectivity index is 2.61. The first-order valence-electron chi connectivity index (χ1n) is 5.70. The molecule has 0 aliphatic heterocycles. The number of rotatable bonds is 4. The molecular formula is C13H17IN2O2. The number of nitrogens with one attached hydrogen (secondary N) is 1. The number of hydrogen-bond donors (Lipinski definition) is 1. The molecule has 0 radical (unpaired) electrons. The van der Waals surface area contributed by atoms with Crippen molar-refractivity contribution < 1.29 is 9.59 Å². The molecule has 18 heavy (non-hydrogen) atoms. The van der Waals surface area contributed by atoms with Crippen molar-refractivity contribution in [3.05, 3.63) is 33.4 Å². The average Bonchev–Trinajstić information content (AvgIpc) is 2.27. The van der Waals surface area contributed by atoms with E-state index in [2.05, 4.69) is 27.9 Å². The van der Waals surface area contributed by atoms with E-state index < -0.39 is 0 Å². The summed E-state index contributed by atoms with van der Waals surface area (Å²) >= 11 is 2.18. The zero-order valence-electron chi connectivity index (χ0n) is 10.7. The second kappa shape index (κ2) is 6.72. The van der Waals surface area contributed by atoms with Crippen molar-refractivity contribution in [3.63, 3.8) is 0 Å². The molecule has 0 fully saturated rings. The summed E-state index contributed by atoms with van der Waals surface area (Å²) in [5.41, 5.74) is 0.593. The zero-order valence-corrected chi connectivity index (χ0v) is 12.9. The van der Waals surface area contributed by atoms with Crippen LogP contribution in [0.3, 0.4) is 0 Å². The molecule has 1 rings (SSSR count). The van der Waals surface area contributed by atoms with E-state index in [1.165, 1.54) is 4.90 Å². The second-order valence-electron chi connectivity index (χ2n) is 4.39. The van der Waals surface area contributed by atoms with Gasteiger partial charge in [-0.25, -0.2) is 0 Å². The lowest BCUT2D eigenvalue weighted by Gasteiger charge is -2.18. The Bertz CT molecular complexity index is 429. The van der Waals surface area contributed by atoms with Gasteiger partial charge in [-0.2, -0.15) is 0 Å². The largest absolute Gasteiger partial charge is 0.352 e. The van der Waals surface area contributed by atoms with Gasteiger partial charge in [0.05, 0.1) is 6.54 Å². The maximum Gasteiger partial charge on any atom is 0.254 e. The van der Waals surface area contributed by atoms with Gasteiger partial charge in [0.25, 0.3) is 5.91 Å². The van der Waals surface area contributed by atoms with Gasteiger partial charge >= 0.3 is 0 Å². The molecule has 0 unspecified atom stereocenters. The minimum Gasteiger partial charge on any atom is -0.352 e. The zero-order chi connectivity index (χ0) is 13.7. The number of benzene rings is 1. The second-order valence-corrected chi connectivity index (χ2v) is 5.64. The molecule has 0 aliphatic carbocycles. The molecule has 1 aromatic carbocycles. The summed E-state index contributed by atoms with van der Waals surface area (Å²) in [7, 11) is 1.63. The van der Waals surface area contributed by atoms with Crippen LogP contribution in [0.2, 0.25) is 0 Å². The quantitative estimate of drug-likeness (QED) is 0.834. The van der Waals surface area contributed by atoms with E-state index in [4.69, 9.17) is 0 Å². The molecule has 0 spiro atoms. The maximum absolute atomic E-state index is 12.0. The normalized spacial score (nSPS) is 10.3. The lowest BCUT2D eigenvalue weighted by atomic mass is 10.2. The molecule has 5 heteroatoms. The van der Waals surface area contributed by atoms with Crippen LogP contribution < -0.4 is 5.32 Å². The number of halogens is 1. The lowest BCUT2D eigenvalue weighted by Crippen LogP contribution is -2.40. The third kappa shape index (κ3) is 4.64. The van der Waals surface area contributed by atoms with Crippen LogP contribution >= 0.6 is 22.6 Å². The third-order valence-electron chi connectivity index (χ3n) is 2.27. The minimum atomic E-state index is -0.148. The van der Waals surface area contributed by atoms with Crippen molar-refractivity contribution in [2.45, 2.75) is 19.9 Å². The molecule has 1 N–H and O–H groups in total. The Labute approximate surface area is 121 Å². The average molecular weight is 360 g/mol. The van der Waals surface area contributed by atoms with Crippen LogP contribution in [0.15, 0.2) is 24.3 Å². The summed E-state index contributed by atoms with van der Waals surface area (Å²) in [5.74, 6) is -0.295. The molecule has 0 aliphatic rings. The first-order valence-corrected chi connectivity index (χ1v) is 6.78. The number of likely N-dealkylation sites (N-methyl/N-ethyl adjacent to an activating group) is 1. The van der Waals surface area contributed by atoms with Gasteiger partial charge in [-0.1, -0.05) is 0 Å². The highest BCUT2D eigenvalue weighted by Gasteiger charge is 2.14. The monoisotopic (exact) mass is 360 g/mol. The van der Waals surface area contributed by atoms with Crippen LogP contribution in [0, 0.1) is 3.57 Å². The topological polar surface area (TPSA) is 49.4 Å². The Hall–Kier alpha value is -1.11. The van der Waals surface area contributed by atoms with Crippen LogP contribution in [0.1, 0.15) is 24.2 Å². The fourth-order valence-electron chi connectivity index (χ4n) is 1.47. The Kier molecular flexibility index (Phi) is 5.58. The number of amides is 2. The number of hydrogen-bond acceptors (Lipinski definition) is 2. The summed E-state index contributed by atoms with van der Waals surface area (Å²) in [6.45, 7) is 3.85. The fourth-order valence-corrected chi connectivity index (χ4v) is 1.83. The molecule has 98 valence electrons. The van der Waals surface area contributed by atoms with E-state index in [9.17, 15) is 9.59 Å². The number of carbonyl (C=O) groups excluding carboxylic acids is 2. The van der Waals surface area contributed by atoms with Gasteiger partial charge in [0.15, 0.2) is 0 Å². The van der Waals surface area contributed by atoms with E-state index in [0.717, 1.165) is 3.57 Å². The van der Waals surface area contributed by atoms with E-state index >= 15 is 0 Å². The van der Waals surface area contributed by atoms with Crippen molar-refractivity contribution in [2.75, 3.05) is 13.6 Å². The third-order valence-corrected chi connectivity index (χ3v) is 2.99. The number of carbonyl (C=O) groups is 2. The van der Waals surface area contributed by atoms with Gasteiger partial charge in [0, 0.05) is 22.2 Å². The highest BCUT2D eigenvalue weighted by atomic mass is 127. The molecule has 0 bridgehead atoms. The number of nitrogens with zero attached hydrogens (tertiary/aromatic N) is 1. The predicted octanol–water partition coefficient (Wildman–Crippen LogP) is 1.89. The van der Waals surface area contributed by atoms with Crippen molar-refractivity contribution in [1.29, 1.82) is 0 Å². The van der Waals surface area contributed by atoms with E-state index in [0.29, 0.717) is 5.56 Å². The van der Waals surface area contributed by atoms with Crippen LogP contribution in [0.25, 0.3) is 0 Å². The molecule has 0 saturated carbocycles. The molecular weight excluding hydrogens is 343 g/mol. The van der Waals surface area contributed by atoms with Gasteiger partial charge in [-0.15, -0.1) is 0 Å². The van der Waals surface area contributed by atoms with Crippen molar-refractivity contribution in [2.24, 2.45) is 0 Å². The first kappa shape index (κ1) is 14.9. The van der Waals surface area contributed by atoms with Crippen molar-refractivity contribution in [3.8, 4) is 0 Å². The molecule has 0 saturated heterocycles. The van der Waals surface area contributed by atoms with Gasteiger partial charge in [-0.3, -0.25) is 9.59 Å². The lowest BCUT2D eigenvalue weighted by molar-refractivity contribution is -0.122. The van der Waals surface area contributed by atoms with Crippen LogP contribution in [-0.4, -0.2) is 36.3 Å². The van der Waals surface area contributed by atoms with Crippen LogP contribution in [-0.2, 0) is 4.79 Å². The minimum absolute atomic E-state index is 0.0724. The Morgan fingerprint density at radius 3 is 2.33 bits per heavy atom. The van der Waals surface area contributed by atoms with Gasteiger partial charge in [0.1, 0.15) is 0 Å². The van der Waals surface area contributed by atoms with E-state index in [1.54, 1.807) is 19.2 Å². The van der Waals surface area contributed by atoms with Crippen molar-refractivity contribution in [1.82, 2.24) is 10.2 Å². The summed E-state index contributed by atoms with van der Waals surface area (Å²) in [4.78, 5) is 25.0. The maximum atomic E-state index is 12.0.